The Hall–Kier alpha value is -2.76. The summed E-state index contributed by atoms with van der Waals surface area (Å²) in [6, 6.07) is 7.22. The van der Waals surface area contributed by atoms with Gasteiger partial charge in [-0.15, -0.1) is 0 Å². The minimum Gasteiger partial charge on any atom is -0.478 e. The molecule has 0 fully saturated rings. The van der Waals surface area contributed by atoms with E-state index in [0.717, 1.165) is 11.8 Å². The highest BCUT2D eigenvalue weighted by molar-refractivity contribution is 5.90. The lowest BCUT2D eigenvalue weighted by Crippen LogP contribution is -1.99. The Morgan fingerprint density at radius 2 is 2.00 bits per heavy atom. The maximum absolute atomic E-state index is 11.0. The molecule has 0 saturated carbocycles. The molecule has 0 aliphatic rings. The zero-order valence-electron chi connectivity index (χ0n) is 10.0. The van der Waals surface area contributed by atoms with Crippen LogP contribution in [-0.4, -0.2) is 21.0 Å². The molecule has 0 saturated heterocycles. The molecule has 1 aromatic heterocycles. The molecule has 0 unspecified atom stereocenters. The van der Waals surface area contributed by atoms with E-state index < -0.39 is 10.9 Å². The van der Waals surface area contributed by atoms with Crippen molar-refractivity contribution in [2.45, 2.75) is 6.92 Å². The van der Waals surface area contributed by atoms with Crippen molar-refractivity contribution >= 4 is 11.7 Å². The molecule has 6 heteroatoms. The zero-order valence-corrected chi connectivity index (χ0v) is 10.0. The number of aryl methyl sites for hydroxylation is 1. The average molecular weight is 258 g/mol. The number of hydrogen-bond donors (Lipinski definition) is 1. The molecular formula is C13H10N2O4. The summed E-state index contributed by atoms with van der Waals surface area (Å²) in [6.45, 7) is 1.79. The molecule has 6 nitrogen and oxygen atoms in total. The van der Waals surface area contributed by atoms with E-state index >= 15 is 0 Å². The first-order chi connectivity index (χ1) is 8.97. The van der Waals surface area contributed by atoms with Gasteiger partial charge in [-0.2, -0.15) is 0 Å². The summed E-state index contributed by atoms with van der Waals surface area (Å²) in [7, 11) is 0. The fourth-order valence-corrected chi connectivity index (χ4v) is 1.73. The van der Waals surface area contributed by atoms with E-state index in [0.29, 0.717) is 11.1 Å². The van der Waals surface area contributed by atoms with Gasteiger partial charge < -0.3 is 5.11 Å². The van der Waals surface area contributed by atoms with Gasteiger partial charge in [-0.3, -0.25) is 15.1 Å². The Morgan fingerprint density at radius 1 is 1.26 bits per heavy atom. The number of nitro benzene ring substituents is 1. The molecule has 1 heterocycles. The third-order valence-corrected chi connectivity index (χ3v) is 2.61. The van der Waals surface area contributed by atoms with Gasteiger partial charge in [0.2, 0.25) is 0 Å². The lowest BCUT2D eigenvalue weighted by molar-refractivity contribution is -0.384. The van der Waals surface area contributed by atoms with Crippen LogP contribution in [0.3, 0.4) is 0 Å². The van der Waals surface area contributed by atoms with Gasteiger partial charge in [0, 0.05) is 24.0 Å². The Labute approximate surface area is 108 Å². The van der Waals surface area contributed by atoms with Gasteiger partial charge >= 0.3 is 5.97 Å². The van der Waals surface area contributed by atoms with E-state index in [1.807, 2.05) is 0 Å². The number of hydrogen-bond acceptors (Lipinski definition) is 4. The van der Waals surface area contributed by atoms with Crippen molar-refractivity contribution in [2.75, 3.05) is 0 Å². The summed E-state index contributed by atoms with van der Waals surface area (Å²) >= 11 is 0. The van der Waals surface area contributed by atoms with Gasteiger partial charge in [-0.1, -0.05) is 0 Å². The maximum atomic E-state index is 11.0. The van der Waals surface area contributed by atoms with E-state index in [-0.39, 0.29) is 11.3 Å². The molecule has 1 aromatic carbocycles. The third kappa shape index (κ3) is 2.74. The van der Waals surface area contributed by atoms with Gasteiger partial charge in [0.25, 0.3) is 5.69 Å². The lowest BCUT2D eigenvalue weighted by Gasteiger charge is -2.04. The zero-order chi connectivity index (χ0) is 14.0. The molecule has 0 aliphatic heterocycles. The molecule has 0 atom stereocenters. The molecule has 2 rings (SSSR count). The van der Waals surface area contributed by atoms with E-state index in [1.165, 1.54) is 12.1 Å². The molecular weight excluding hydrogens is 248 g/mol. The summed E-state index contributed by atoms with van der Waals surface area (Å²) in [5.74, 6) is -1.20. The van der Waals surface area contributed by atoms with Crippen LogP contribution in [-0.2, 0) is 0 Å². The molecule has 0 spiro atoms. The number of carboxylic acid groups (broad SMARTS) is 1. The van der Waals surface area contributed by atoms with Crippen LogP contribution in [0.5, 0.6) is 0 Å². The standard InChI is InChI=1S/C13H10N2O4/c1-8-4-9(2-3-14-8)10-5-11(13(16)17)7-12(6-10)15(18)19/h2-7H,1H3,(H,16,17). The number of nitrogens with zero attached hydrogens (tertiary/aromatic N) is 2. The second-order valence-corrected chi connectivity index (χ2v) is 4.02. The minimum absolute atomic E-state index is 0.112. The molecule has 0 bridgehead atoms. The predicted molar refractivity (Wildman–Crippen MR) is 68.0 cm³/mol. The van der Waals surface area contributed by atoms with E-state index in [1.54, 1.807) is 25.3 Å². The highest BCUT2D eigenvalue weighted by Crippen LogP contribution is 2.26. The lowest BCUT2D eigenvalue weighted by atomic mass is 10.0. The van der Waals surface area contributed by atoms with Crippen molar-refractivity contribution in [1.29, 1.82) is 0 Å². The van der Waals surface area contributed by atoms with Crippen LogP contribution in [0.1, 0.15) is 16.1 Å². The van der Waals surface area contributed by atoms with Crippen LogP contribution in [0.15, 0.2) is 36.5 Å². The molecule has 1 N–H and O–H groups in total. The monoisotopic (exact) mass is 258 g/mol. The second-order valence-electron chi connectivity index (χ2n) is 4.02. The molecule has 0 amide bonds. The van der Waals surface area contributed by atoms with Crippen LogP contribution >= 0.6 is 0 Å². The SMILES string of the molecule is Cc1cc(-c2cc(C(=O)O)cc([N+](=O)[O-])c2)ccn1. The number of carbonyl (C=O) groups is 1. The number of aromatic carboxylic acids is 1. The topological polar surface area (TPSA) is 93.3 Å². The quantitative estimate of drug-likeness (QED) is 0.674. The molecule has 19 heavy (non-hydrogen) atoms. The Morgan fingerprint density at radius 3 is 2.58 bits per heavy atom. The van der Waals surface area contributed by atoms with Gasteiger partial charge in [-0.05, 0) is 36.2 Å². The third-order valence-electron chi connectivity index (χ3n) is 2.61. The highest BCUT2D eigenvalue weighted by atomic mass is 16.6. The van der Waals surface area contributed by atoms with Crippen LogP contribution < -0.4 is 0 Å². The Balaban J connectivity index is 2.62. The van der Waals surface area contributed by atoms with Crippen molar-refractivity contribution in [3.8, 4) is 11.1 Å². The number of carboxylic acids is 1. The predicted octanol–water partition coefficient (Wildman–Crippen LogP) is 2.66. The first-order valence-electron chi connectivity index (χ1n) is 5.43. The van der Waals surface area contributed by atoms with Crippen LogP contribution in [0.25, 0.3) is 11.1 Å². The fraction of sp³-hybridized carbons (Fsp3) is 0.0769. The van der Waals surface area contributed by atoms with E-state index in [4.69, 9.17) is 5.11 Å². The summed E-state index contributed by atoms with van der Waals surface area (Å²) in [5.41, 5.74) is 1.57. The maximum Gasteiger partial charge on any atom is 0.335 e. The van der Waals surface area contributed by atoms with Crippen molar-refractivity contribution in [1.82, 2.24) is 4.98 Å². The first-order valence-corrected chi connectivity index (χ1v) is 5.43. The second kappa shape index (κ2) is 4.85. The molecule has 2 aromatic rings. The van der Waals surface area contributed by atoms with Crippen LogP contribution in [0.2, 0.25) is 0 Å². The largest absolute Gasteiger partial charge is 0.478 e. The number of pyridine rings is 1. The number of aromatic nitrogens is 1. The summed E-state index contributed by atoms with van der Waals surface area (Å²) < 4.78 is 0. The van der Waals surface area contributed by atoms with Crippen molar-refractivity contribution in [3.63, 3.8) is 0 Å². The van der Waals surface area contributed by atoms with Crippen LogP contribution in [0, 0.1) is 17.0 Å². The van der Waals surface area contributed by atoms with E-state index in [9.17, 15) is 14.9 Å². The van der Waals surface area contributed by atoms with Gasteiger partial charge in [0.1, 0.15) is 0 Å². The Bertz CT molecular complexity index is 635. The van der Waals surface area contributed by atoms with Gasteiger partial charge in [0.15, 0.2) is 0 Å². The smallest absolute Gasteiger partial charge is 0.335 e. The summed E-state index contributed by atoms with van der Waals surface area (Å²) in [5, 5.41) is 19.8. The number of benzene rings is 1. The fourth-order valence-electron chi connectivity index (χ4n) is 1.73. The molecule has 0 aliphatic carbocycles. The summed E-state index contributed by atoms with van der Waals surface area (Å²) in [4.78, 5) is 25.2. The number of non-ortho nitro benzene ring substituents is 1. The van der Waals surface area contributed by atoms with Crippen molar-refractivity contribution in [2.24, 2.45) is 0 Å². The highest BCUT2D eigenvalue weighted by Gasteiger charge is 2.14. The Kier molecular flexibility index (Phi) is 3.24. The molecule has 0 radical (unpaired) electrons. The van der Waals surface area contributed by atoms with E-state index in [2.05, 4.69) is 4.98 Å². The number of nitro groups is 1. The van der Waals surface area contributed by atoms with Gasteiger partial charge in [0.05, 0.1) is 10.5 Å². The average Bonchev–Trinajstić information content (AvgIpc) is 2.38. The summed E-state index contributed by atoms with van der Waals surface area (Å²) in [6.07, 6.45) is 1.57. The van der Waals surface area contributed by atoms with Gasteiger partial charge in [-0.25, -0.2) is 4.79 Å². The number of rotatable bonds is 3. The van der Waals surface area contributed by atoms with Crippen molar-refractivity contribution in [3.05, 3.63) is 57.9 Å². The normalized spacial score (nSPS) is 10.2. The van der Waals surface area contributed by atoms with Crippen molar-refractivity contribution < 1.29 is 14.8 Å². The first kappa shape index (κ1) is 12.7. The molecule has 96 valence electrons. The van der Waals surface area contributed by atoms with Crippen LogP contribution in [0.4, 0.5) is 5.69 Å². The minimum atomic E-state index is -1.20.